The molecule has 70 heavy (non-hydrogen) atoms. The minimum atomic E-state index is 0. The van der Waals surface area contributed by atoms with Gasteiger partial charge < -0.3 is 19.5 Å². The van der Waals surface area contributed by atoms with Crippen molar-refractivity contribution in [1.29, 1.82) is 0 Å². The van der Waals surface area contributed by atoms with Crippen LogP contribution in [0.5, 0.6) is 0 Å². The zero-order chi connectivity index (χ0) is 46.5. The van der Waals surface area contributed by atoms with Gasteiger partial charge in [-0.1, -0.05) is 103 Å². The van der Waals surface area contributed by atoms with E-state index in [0.29, 0.717) is 0 Å². The molecular formula is C65H45IrN4. The average molecular weight is 1070 g/mol. The summed E-state index contributed by atoms with van der Waals surface area (Å²) < 4.78 is 2.36. The maximum atomic E-state index is 4.67. The number of hydrogen-bond donors (Lipinski definition) is 0. The van der Waals surface area contributed by atoms with E-state index in [4.69, 9.17) is 0 Å². The molecule has 4 nitrogen and oxygen atoms in total. The van der Waals surface area contributed by atoms with Crippen LogP contribution in [-0.2, 0) is 20.1 Å². The Morgan fingerprint density at radius 3 is 1.66 bits per heavy atom. The molecule has 5 heteroatoms. The molecule has 0 radical (unpaired) electrons. The molecule has 0 aliphatic heterocycles. The van der Waals surface area contributed by atoms with Crippen molar-refractivity contribution < 1.29 is 20.1 Å². The van der Waals surface area contributed by atoms with Gasteiger partial charge in [0, 0.05) is 35.1 Å². The number of fused-ring (bicyclic) bond motifs is 3. The normalized spacial score (nSPS) is 10.9. The van der Waals surface area contributed by atoms with Gasteiger partial charge >= 0.3 is 20.1 Å². The Labute approximate surface area is 423 Å². The Bertz CT molecular complexity index is 3700. The summed E-state index contributed by atoms with van der Waals surface area (Å²) in [6.45, 7) is 4.37. The Kier molecular flexibility index (Phi) is 13.3. The summed E-state index contributed by atoms with van der Waals surface area (Å²) in [5.41, 5.74) is 21.3. The molecule has 0 spiro atoms. The molecule has 0 amide bonds. The fourth-order valence-corrected chi connectivity index (χ4v) is 9.46. The zero-order valence-electron chi connectivity index (χ0n) is 38.6. The van der Waals surface area contributed by atoms with Crippen molar-refractivity contribution in [2.75, 3.05) is 0 Å². The first-order valence-corrected chi connectivity index (χ1v) is 23.2. The van der Waals surface area contributed by atoms with Gasteiger partial charge in [-0.3, -0.25) is 0 Å². The number of hydrogen-bond acceptors (Lipinski definition) is 3. The molecule has 4 heterocycles. The van der Waals surface area contributed by atoms with Crippen LogP contribution >= 0.6 is 0 Å². The van der Waals surface area contributed by atoms with Crippen molar-refractivity contribution in [3.8, 4) is 84.0 Å². The number of rotatable bonds is 8. The molecule has 0 aliphatic carbocycles. The molecule has 0 atom stereocenters. The fourth-order valence-electron chi connectivity index (χ4n) is 9.46. The van der Waals surface area contributed by atoms with Crippen LogP contribution in [0.4, 0.5) is 0 Å². The van der Waals surface area contributed by atoms with Crippen LogP contribution in [0.25, 0.3) is 106 Å². The molecule has 0 fully saturated rings. The molecule has 4 aromatic heterocycles. The number of benzene rings is 8. The minimum absolute atomic E-state index is 0. The second kappa shape index (κ2) is 20.5. The molecule has 0 saturated carbocycles. The second-order valence-electron chi connectivity index (χ2n) is 17.1. The number of nitrogens with zero attached hydrogens (tertiary/aromatic N) is 4. The summed E-state index contributed by atoms with van der Waals surface area (Å²) in [7, 11) is 0. The molecule has 0 N–H and O–H groups in total. The van der Waals surface area contributed by atoms with E-state index in [9.17, 15) is 0 Å². The van der Waals surface area contributed by atoms with Crippen LogP contribution in [-0.4, -0.2) is 19.5 Å². The van der Waals surface area contributed by atoms with Gasteiger partial charge in [0.2, 0.25) is 0 Å². The Morgan fingerprint density at radius 1 is 0.371 bits per heavy atom. The van der Waals surface area contributed by atoms with E-state index < -0.39 is 0 Å². The molecular weight excluding hydrogens is 1030 g/mol. The average Bonchev–Trinajstić information content (AvgIpc) is 3.76. The number of aromatic nitrogens is 4. The van der Waals surface area contributed by atoms with E-state index in [1.54, 1.807) is 0 Å². The monoisotopic (exact) mass is 1070 g/mol. The largest absolute Gasteiger partial charge is 3.00 e. The predicted molar refractivity (Wildman–Crippen MR) is 285 cm³/mol. The third kappa shape index (κ3) is 9.29. The Morgan fingerprint density at radius 2 is 0.986 bits per heavy atom. The number of pyridine rings is 3. The van der Waals surface area contributed by atoms with E-state index in [1.165, 1.54) is 49.7 Å². The summed E-state index contributed by atoms with van der Waals surface area (Å²) in [5, 5.41) is 2.41. The molecule has 12 aromatic rings. The zero-order valence-corrected chi connectivity index (χ0v) is 41.0. The van der Waals surface area contributed by atoms with Gasteiger partial charge in [0.25, 0.3) is 0 Å². The van der Waals surface area contributed by atoms with Gasteiger partial charge in [-0.2, -0.15) is 0 Å². The molecule has 8 aromatic carbocycles. The van der Waals surface area contributed by atoms with Crippen LogP contribution in [0.2, 0.25) is 0 Å². The molecule has 12 rings (SSSR count). The van der Waals surface area contributed by atoms with Crippen LogP contribution in [0.1, 0.15) is 11.1 Å². The first-order valence-electron chi connectivity index (χ1n) is 23.2. The van der Waals surface area contributed by atoms with Crippen molar-refractivity contribution in [1.82, 2.24) is 19.5 Å². The summed E-state index contributed by atoms with van der Waals surface area (Å²) in [4.78, 5) is 13.7. The first kappa shape index (κ1) is 45.4. The topological polar surface area (TPSA) is 43.6 Å². The van der Waals surface area contributed by atoms with Crippen LogP contribution in [0.15, 0.2) is 237 Å². The first-order chi connectivity index (χ1) is 34.1. The second-order valence-corrected chi connectivity index (χ2v) is 17.1. The van der Waals surface area contributed by atoms with Crippen molar-refractivity contribution in [3.63, 3.8) is 0 Å². The van der Waals surface area contributed by atoms with Crippen LogP contribution in [0, 0.1) is 32.0 Å². The summed E-state index contributed by atoms with van der Waals surface area (Å²) in [6, 6.07) is 85.7. The minimum Gasteiger partial charge on any atom is -0.309 e. The van der Waals surface area contributed by atoms with E-state index in [2.05, 4.69) is 203 Å². The molecule has 0 saturated heterocycles. The molecule has 334 valence electrons. The van der Waals surface area contributed by atoms with Crippen molar-refractivity contribution >= 4 is 21.8 Å². The summed E-state index contributed by atoms with van der Waals surface area (Å²) in [6.07, 6.45) is 5.60. The molecule has 0 bridgehead atoms. The van der Waals surface area contributed by atoms with E-state index >= 15 is 0 Å². The maximum absolute atomic E-state index is 4.67. The van der Waals surface area contributed by atoms with Crippen LogP contribution in [0.3, 0.4) is 0 Å². The molecule has 0 unspecified atom stereocenters. The van der Waals surface area contributed by atoms with Gasteiger partial charge in [-0.05, 0) is 130 Å². The summed E-state index contributed by atoms with van der Waals surface area (Å²) >= 11 is 0. The standard InChI is InChI=1S/C40H25N3.C25H20N.Ir/c1-3-11-28(12-4-1)37-27-31(22-24-42-37)34-17-10-19-39-40(34)35-26-30(20-21-38(35)43(39)33-15-5-2-6-16-33)29-13-9-14-32(25-29)36-18-7-8-23-41-36;1-18-15-23(20-9-5-3-6-10-20)16-19(2)25(18)22-13-14-26-24(17-22)21-11-7-4-8-12-21;/h1-11,13,15-27H;3-11,13-17H,1-2H3;/q-2;-1;+3. The number of para-hydroxylation sites is 1. The third-order valence-electron chi connectivity index (χ3n) is 12.6. The Balaban J connectivity index is 0.000000180. The quantitative estimate of drug-likeness (QED) is 0.142. The van der Waals surface area contributed by atoms with Crippen molar-refractivity contribution in [2.45, 2.75) is 13.8 Å². The predicted octanol–water partition coefficient (Wildman–Crippen LogP) is 16.3. The van der Waals surface area contributed by atoms with Gasteiger partial charge in [0.1, 0.15) is 0 Å². The van der Waals surface area contributed by atoms with E-state index in [-0.39, 0.29) is 20.1 Å². The fraction of sp³-hybridized carbons (Fsp3) is 0.0308. The van der Waals surface area contributed by atoms with Crippen molar-refractivity contribution in [2.24, 2.45) is 0 Å². The molecule has 0 aliphatic rings. The number of aryl methyl sites for hydroxylation is 2. The Hall–Kier alpha value is -8.34. The van der Waals surface area contributed by atoms with Gasteiger partial charge in [0.05, 0.1) is 11.0 Å². The maximum Gasteiger partial charge on any atom is 3.00 e. The van der Waals surface area contributed by atoms with E-state index in [1.807, 2.05) is 85.3 Å². The third-order valence-corrected chi connectivity index (χ3v) is 12.6. The van der Waals surface area contributed by atoms with Crippen LogP contribution < -0.4 is 0 Å². The van der Waals surface area contributed by atoms with Gasteiger partial charge in [-0.25, -0.2) is 0 Å². The summed E-state index contributed by atoms with van der Waals surface area (Å²) in [5.74, 6) is 0. The van der Waals surface area contributed by atoms with Gasteiger partial charge in [0.15, 0.2) is 0 Å². The van der Waals surface area contributed by atoms with E-state index in [0.717, 1.165) is 67.2 Å². The smallest absolute Gasteiger partial charge is 0.309 e. The van der Waals surface area contributed by atoms with Gasteiger partial charge in [-0.15, -0.1) is 107 Å². The van der Waals surface area contributed by atoms with Crippen molar-refractivity contribution in [3.05, 3.63) is 266 Å². The SMILES string of the molecule is Cc1cc(-c2ccccc2)cc(C)c1-c1ccnc(-c2[c-]cccc2)c1.[Ir+3].[c-]1ccccc1-c1cc(-c2cccc3c2c2cc(-c4cc[c-]c(-c5ccccn5)c4)ccc2n3-c2ccccc2)ccn1.